The molecule has 3 aromatic carbocycles. The van der Waals surface area contributed by atoms with E-state index in [-0.39, 0.29) is 23.1 Å². The lowest BCUT2D eigenvalue weighted by molar-refractivity contribution is -0.139. The molecule has 0 aromatic heterocycles. The Morgan fingerprint density at radius 1 is 0.881 bits per heavy atom. The van der Waals surface area contributed by atoms with Crippen molar-refractivity contribution in [1.29, 1.82) is 0 Å². The molecule has 0 aliphatic heterocycles. The second-order valence-corrected chi connectivity index (χ2v) is 11.7. The Labute approximate surface area is 248 Å². The van der Waals surface area contributed by atoms with Crippen LogP contribution in [0, 0.1) is 13.8 Å². The molecule has 0 heterocycles. The fourth-order valence-corrected chi connectivity index (χ4v) is 6.01. The Morgan fingerprint density at radius 3 is 2.14 bits per heavy atom. The van der Waals surface area contributed by atoms with Crippen molar-refractivity contribution in [3.63, 3.8) is 0 Å². The van der Waals surface area contributed by atoms with Gasteiger partial charge in [-0.05, 0) is 80.8 Å². The summed E-state index contributed by atoms with van der Waals surface area (Å²) in [6.07, 6.45) is 0. The third-order valence-corrected chi connectivity index (χ3v) is 8.49. The first-order valence-electron chi connectivity index (χ1n) is 13.5. The quantitative estimate of drug-likeness (QED) is 0.316. The van der Waals surface area contributed by atoms with Gasteiger partial charge >= 0.3 is 0 Å². The second-order valence-electron chi connectivity index (χ2n) is 9.82. The average Bonchev–Trinajstić information content (AvgIpc) is 2.97. The van der Waals surface area contributed by atoms with Gasteiger partial charge in [-0.3, -0.25) is 13.9 Å². The summed E-state index contributed by atoms with van der Waals surface area (Å²) < 4.78 is 45.4. The lowest BCUT2D eigenvalue weighted by Crippen LogP contribution is -2.51. The molecule has 10 nitrogen and oxygen atoms in total. The van der Waals surface area contributed by atoms with Gasteiger partial charge in [0.25, 0.3) is 10.0 Å². The molecule has 1 atom stereocenters. The lowest BCUT2D eigenvalue weighted by Gasteiger charge is -2.32. The average molecular weight is 598 g/mol. The van der Waals surface area contributed by atoms with E-state index in [0.29, 0.717) is 23.7 Å². The van der Waals surface area contributed by atoms with Gasteiger partial charge in [0.2, 0.25) is 11.8 Å². The van der Waals surface area contributed by atoms with E-state index in [1.54, 1.807) is 51.3 Å². The van der Waals surface area contributed by atoms with Gasteiger partial charge in [-0.2, -0.15) is 0 Å². The summed E-state index contributed by atoms with van der Waals surface area (Å²) in [7, 11) is 0.131. The zero-order valence-corrected chi connectivity index (χ0v) is 25.9. The molecule has 2 amide bonds. The number of ether oxygens (including phenoxy) is 3. The summed E-state index contributed by atoms with van der Waals surface area (Å²) in [6.45, 7) is 7.01. The number of nitrogens with zero attached hydrogens (tertiary/aromatic N) is 2. The molecule has 3 aromatic rings. The lowest BCUT2D eigenvalue weighted by atomic mass is 10.1. The molecule has 0 aliphatic carbocycles. The molecule has 0 fully saturated rings. The van der Waals surface area contributed by atoms with Crippen LogP contribution in [0.5, 0.6) is 17.2 Å². The molecular weight excluding hydrogens is 558 g/mol. The van der Waals surface area contributed by atoms with Crippen LogP contribution in [0.4, 0.5) is 5.69 Å². The van der Waals surface area contributed by atoms with Crippen LogP contribution in [0.3, 0.4) is 0 Å². The fourth-order valence-electron chi connectivity index (χ4n) is 4.60. The van der Waals surface area contributed by atoms with E-state index in [1.807, 2.05) is 26.0 Å². The largest absolute Gasteiger partial charge is 0.497 e. The molecule has 3 rings (SSSR count). The van der Waals surface area contributed by atoms with E-state index in [0.717, 1.165) is 21.0 Å². The Bertz CT molecular complexity index is 1500. The Hall–Kier alpha value is -4.25. The van der Waals surface area contributed by atoms with Crippen LogP contribution in [0.2, 0.25) is 0 Å². The minimum atomic E-state index is -4.28. The monoisotopic (exact) mass is 597 g/mol. The number of amides is 2. The highest BCUT2D eigenvalue weighted by atomic mass is 32.2. The van der Waals surface area contributed by atoms with E-state index < -0.39 is 28.5 Å². The van der Waals surface area contributed by atoms with E-state index in [4.69, 9.17) is 14.2 Å². The van der Waals surface area contributed by atoms with E-state index in [1.165, 1.54) is 37.3 Å². The van der Waals surface area contributed by atoms with Gasteiger partial charge in [0.1, 0.15) is 18.3 Å². The van der Waals surface area contributed by atoms with Gasteiger partial charge in [0, 0.05) is 19.2 Å². The Kier molecular flexibility index (Phi) is 10.8. The number of hydrogen-bond donors (Lipinski definition) is 1. The highest BCUT2D eigenvalue weighted by Gasteiger charge is 2.33. The molecule has 0 radical (unpaired) electrons. The summed E-state index contributed by atoms with van der Waals surface area (Å²) in [4.78, 5) is 28.3. The predicted octanol–water partition coefficient (Wildman–Crippen LogP) is 4.08. The molecule has 0 saturated heterocycles. The number of likely N-dealkylation sites (N-methyl/N-ethyl adjacent to an activating group) is 1. The van der Waals surface area contributed by atoms with Gasteiger partial charge in [0.15, 0.2) is 11.5 Å². The number of anilines is 1. The first-order valence-corrected chi connectivity index (χ1v) is 14.9. The second kappa shape index (κ2) is 14.1. The summed E-state index contributed by atoms with van der Waals surface area (Å²) in [5.74, 6) is 0.285. The SMILES string of the molecule is CCNC(=O)[C@H](C)N(Cc1cccc(OC)c1)C(=O)CN(c1cc(C)cc(C)c1)S(=O)(=O)c1ccc(OC)c(OC)c1. The van der Waals surface area contributed by atoms with Crippen LogP contribution < -0.4 is 23.8 Å². The minimum absolute atomic E-state index is 0.0609. The van der Waals surface area contributed by atoms with E-state index in [9.17, 15) is 18.0 Å². The number of methoxy groups -OCH3 is 3. The normalized spacial score (nSPS) is 11.8. The van der Waals surface area contributed by atoms with Gasteiger partial charge < -0.3 is 24.4 Å². The van der Waals surface area contributed by atoms with Gasteiger partial charge in [-0.25, -0.2) is 8.42 Å². The van der Waals surface area contributed by atoms with Gasteiger partial charge in [-0.1, -0.05) is 18.2 Å². The number of sulfonamides is 1. The van der Waals surface area contributed by atoms with Gasteiger partial charge in [0.05, 0.1) is 31.9 Å². The molecule has 42 heavy (non-hydrogen) atoms. The molecule has 11 heteroatoms. The number of carbonyl (C=O) groups excluding carboxylic acids is 2. The number of nitrogens with one attached hydrogen (secondary N) is 1. The summed E-state index contributed by atoms with van der Waals surface area (Å²) in [5, 5.41) is 2.75. The molecule has 0 unspecified atom stereocenters. The Morgan fingerprint density at radius 2 is 1.55 bits per heavy atom. The molecule has 226 valence electrons. The summed E-state index contributed by atoms with van der Waals surface area (Å²) in [6, 6.07) is 15.9. The van der Waals surface area contributed by atoms with Crippen LogP contribution in [0.15, 0.2) is 65.6 Å². The number of hydrogen-bond acceptors (Lipinski definition) is 7. The van der Waals surface area contributed by atoms with Crippen LogP contribution in [-0.4, -0.2) is 65.6 Å². The molecule has 0 saturated carbocycles. The summed E-state index contributed by atoms with van der Waals surface area (Å²) >= 11 is 0. The highest BCUT2D eigenvalue weighted by Crippen LogP contribution is 2.33. The number of rotatable bonds is 13. The van der Waals surface area contributed by atoms with Crippen LogP contribution >= 0.6 is 0 Å². The zero-order chi connectivity index (χ0) is 31.0. The maximum absolute atomic E-state index is 14.2. The van der Waals surface area contributed by atoms with Crippen molar-refractivity contribution in [2.45, 2.75) is 45.2 Å². The fraction of sp³-hybridized carbons (Fsp3) is 0.355. The molecule has 0 bridgehead atoms. The van der Waals surface area contributed by atoms with Crippen molar-refractivity contribution in [3.05, 3.63) is 77.4 Å². The zero-order valence-electron chi connectivity index (χ0n) is 25.1. The summed E-state index contributed by atoms with van der Waals surface area (Å²) in [5.41, 5.74) is 2.70. The molecule has 1 N–H and O–H groups in total. The standard InChI is InChI=1S/C31H39N3O7S/c1-8-32-31(36)23(4)33(19-24-10-9-11-26(17-24)39-5)30(35)20-34(25-15-21(2)14-22(3)16-25)42(37,38)27-12-13-28(40-6)29(18-27)41-7/h9-18,23H,8,19-20H2,1-7H3,(H,32,36)/t23-/m0/s1. The first kappa shape index (κ1) is 32.3. The van der Waals surface area contributed by atoms with Crippen molar-refractivity contribution in [2.75, 3.05) is 38.7 Å². The van der Waals surface area contributed by atoms with Crippen molar-refractivity contribution in [3.8, 4) is 17.2 Å². The number of carbonyl (C=O) groups is 2. The van der Waals surface area contributed by atoms with Crippen molar-refractivity contribution in [2.24, 2.45) is 0 Å². The van der Waals surface area contributed by atoms with E-state index in [2.05, 4.69) is 5.32 Å². The molecule has 0 spiro atoms. The minimum Gasteiger partial charge on any atom is -0.497 e. The molecular formula is C31H39N3O7S. The van der Waals surface area contributed by atoms with Crippen molar-refractivity contribution in [1.82, 2.24) is 10.2 Å². The third-order valence-electron chi connectivity index (χ3n) is 6.72. The first-order chi connectivity index (χ1) is 19.9. The predicted molar refractivity (Wildman–Crippen MR) is 162 cm³/mol. The smallest absolute Gasteiger partial charge is 0.264 e. The maximum atomic E-state index is 14.2. The van der Waals surface area contributed by atoms with Crippen molar-refractivity contribution >= 4 is 27.5 Å². The van der Waals surface area contributed by atoms with Crippen LogP contribution in [0.1, 0.15) is 30.5 Å². The topological polar surface area (TPSA) is 114 Å². The van der Waals surface area contributed by atoms with Crippen LogP contribution in [-0.2, 0) is 26.2 Å². The highest BCUT2D eigenvalue weighted by molar-refractivity contribution is 7.92. The number of benzene rings is 3. The Balaban J connectivity index is 2.11. The van der Waals surface area contributed by atoms with Crippen molar-refractivity contribution < 1.29 is 32.2 Å². The third kappa shape index (κ3) is 7.52. The molecule has 0 aliphatic rings. The maximum Gasteiger partial charge on any atom is 0.264 e. The van der Waals surface area contributed by atoms with Crippen LogP contribution in [0.25, 0.3) is 0 Å². The number of aryl methyl sites for hydroxylation is 2. The van der Waals surface area contributed by atoms with E-state index >= 15 is 0 Å². The van der Waals surface area contributed by atoms with Gasteiger partial charge in [-0.15, -0.1) is 0 Å².